The molecule has 0 amide bonds. The minimum atomic E-state index is 0.293. The summed E-state index contributed by atoms with van der Waals surface area (Å²) in [5, 5.41) is 9.94. The molecule has 1 aromatic heterocycles. The molecule has 0 fully saturated rings. The second-order valence-corrected chi connectivity index (χ2v) is 6.68. The van der Waals surface area contributed by atoms with Crippen LogP contribution in [0.3, 0.4) is 0 Å². The van der Waals surface area contributed by atoms with Gasteiger partial charge in [0.2, 0.25) is 0 Å². The molecule has 6 heteroatoms. The Hall–Kier alpha value is -1.14. The Balaban J connectivity index is 2.48. The van der Waals surface area contributed by atoms with Crippen LogP contribution in [0, 0.1) is 5.92 Å². The summed E-state index contributed by atoms with van der Waals surface area (Å²) in [4.78, 5) is 9.17. The maximum absolute atomic E-state index is 5.78. The van der Waals surface area contributed by atoms with E-state index in [4.69, 9.17) is 4.74 Å². The average molecular weight is 341 g/mol. The Morgan fingerprint density at radius 2 is 2.09 bits per heavy atom. The molecular formula is C17H32N4OS. The first-order valence-corrected chi connectivity index (χ1v) is 9.55. The Kier molecular flexibility index (Phi) is 9.87. The van der Waals surface area contributed by atoms with Crippen LogP contribution in [0.4, 0.5) is 0 Å². The molecule has 0 saturated heterocycles. The maximum atomic E-state index is 5.78. The van der Waals surface area contributed by atoms with E-state index >= 15 is 0 Å². The highest BCUT2D eigenvalue weighted by atomic mass is 32.1. The van der Waals surface area contributed by atoms with E-state index in [-0.39, 0.29) is 0 Å². The largest absolute Gasteiger partial charge is 0.378 e. The number of guanidine groups is 1. The van der Waals surface area contributed by atoms with Gasteiger partial charge in [-0.15, -0.1) is 11.3 Å². The van der Waals surface area contributed by atoms with Gasteiger partial charge in [-0.3, -0.25) is 0 Å². The van der Waals surface area contributed by atoms with Crippen molar-refractivity contribution in [1.29, 1.82) is 0 Å². The smallest absolute Gasteiger partial charge is 0.191 e. The Labute approximate surface area is 145 Å². The van der Waals surface area contributed by atoms with Crippen LogP contribution in [0.1, 0.15) is 51.7 Å². The first-order chi connectivity index (χ1) is 11.1. The van der Waals surface area contributed by atoms with Crippen molar-refractivity contribution in [3.05, 3.63) is 16.1 Å². The van der Waals surface area contributed by atoms with Crippen molar-refractivity contribution in [1.82, 2.24) is 15.6 Å². The van der Waals surface area contributed by atoms with Crippen molar-refractivity contribution in [3.63, 3.8) is 0 Å². The molecule has 1 aromatic rings. The zero-order valence-corrected chi connectivity index (χ0v) is 16.0. The van der Waals surface area contributed by atoms with E-state index in [1.807, 2.05) is 6.92 Å². The molecule has 132 valence electrons. The average Bonchev–Trinajstić information content (AvgIpc) is 2.99. The lowest BCUT2D eigenvalue weighted by molar-refractivity contribution is 0.0258. The van der Waals surface area contributed by atoms with Gasteiger partial charge < -0.3 is 15.4 Å². The van der Waals surface area contributed by atoms with Gasteiger partial charge >= 0.3 is 0 Å². The molecule has 1 rings (SSSR count). The first kappa shape index (κ1) is 19.9. The van der Waals surface area contributed by atoms with Crippen molar-refractivity contribution >= 4 is 17.3 Å². The van der Waals surface area contributed by atoms with Crippen molar-refractivity contribution in [2.75, 3.05) is 19.7 Å². The van der Waals surface area contributed by atoms with E-state index in [1.54, 1.807) is 11.3 Å². The molecule has 5 nitrogen and oxygen atoms in total. The van der Waals surface area contributed by atoms with Crippen LogP contribution in [-0.2, 0) is 17.7 Å². The highest BCUT2D eigenvalue weighted by molar-refractivity contribution is 7.09. The topological polar surface area (TPSA) is 58.5 Å². The Morgan fingerprint density at radius 3 is 2.65 bits per heavy atom. The van der Waals surface area contributed by atoms with Gasteiger partial charge in [0.1, 0.15) is 0 Å². The third-order valence-electron chi connectivity index (χ3n) is 3.49. The zero-order chi connectivity index (χ0) is 17.1. The molecule has 1 atom stereocenters. The van der Waals surface area contributed by atoms with Crippen LogP contribution >= 0.6 is 11.3 Å². The number of aliphatic imine (C=N–C) groups is 1. The third-order valence-corrected chi connectivity index (χ3v) is 4.53. The molecule has 23 heavy (non-hydrogen) atoms. The second-order valence-electron chi connectivity index (χ2n) is 5.73. The van der Waals surface area contributed by atoms with E-state index in [9.17, 15) is 0 Å². The number of thiazole rings is 1. The zero-order valence-electron chi connectivity index (χ0n) is 15.2. The number of nitrogens with zero attached hydrogens (tertiary/aromatic N) is 2. The van der Waals surface area contributed by atoms with Gasteiger partial charge in [0.15, 0.2) is 5.96 Å². The van der Waals surface area contributed by atoms with Gasteiger partial charge in [-0.2, -0.15) is 0 Å². The summed E-state index contributed by atoms with van der Waals surface area (Å²) in [5.41, 5.74) is 1.04. The highest BCUT2D eigenvalue weighted by Gasteiger charge is 2.13. The van der Waals surface area contributed by atoms with Crippen LogP contribution in [0.5, 0.6) is 0 Å². The monoisotopic (exact) mass is 340 g/mol. The number of ether oxygens (including phenoxy) is 1. The SMILES string of the molecule is CCNC(=NCc1csc(CC)n1)NCCC(OCC)C(C)C. The number of nitrogens with one attached hydrogen (secondary N) is 2. The predicted octanol–water partition coefficient (Wildman–Crippen LogP) is 3.21. The highest BCUT2D eigenvalue weighted by Crippen LogP contribution is 2.11. The van der Waals surface area contributed by atoms with Crippen LogP contribution < -0.4 is 10.6 Å². The number of aryl methyl sites for hydroxylation is 1. The third kappa shape index (κ3) is 7.79. The van der Waals surface area contributed by atoms with E-state index < -0.39 is 0 Å². The summed E-state index contributed by atoms with van der Waals surface area (Å²) in [5.74, 6) is 1.37. The molecule has 0 aliphatic rings. The standard InChI is InChI=1S/C17H32N4OS/c1-6-16-21-14(12-23-16)11-20-17(18-7-2)19-10-9-15(13(4)5)22-8-3/h12-13,15H,6-11H2,1-5H3,(H2,18,19,20). The Morgan fingerprint density at radius 1 is 1.30 bits per heavy atom. The summed E-state index contributed by atoms with van der Waals surface area (Å²) in [6, 6.07) is 0. The summed E-state index contributed by atoms with van der Waals surface area (Å²) >= 11 is 1.71. The van der Waals surface area contributed by atoms with Gasteiger partial charge in [0.05, 0.1) is 23.4 Å². The molecule has 0 radical (unpaired) electrons. The van der Waals surface area contributed by atoms with Crippen LogP contribution in [-0.4, -0.2) is 36.7 Å². The molecule has 0 bridgehead atoms. The summed E-state index contributed by atoms with van der Waals surface area (Å²) in [7, 11) is 0. The molecule has 2 N–H and O–H groups in total. The van der Waals surface area contributed by atoms with Crippen LogP contribution in [0.2, 0.25) is 0 Å². The fourth-order valence-electron chi connectivity index (χ4n) is 2.24. The fourth-order valence-corrected chi connectivity index (χ4v) is 2.98. The maximum Gasteiger partial charge on any atom is 0.191 e. The summed E-state index contributed by atoms with van der Waals surface area (Å²) in [6.07, 6.45) is 2.26. The first-order valence-electron chi connectivity index (χ1n) is 8.67. The van der Waals surface area contributed by atoms with E-state index in [1.165, 1.54) is 5.01 Å². The fraction of sp³-hybridized carbons (Fsp3) is 0.765. The predicted molar refractivity (Wildman–Crippen MR) is 99.2 cm³/mol. The molecular weight excluding hydrogens is 308 g/mol. The lowest BCUT2D eigenvalue weighted by Crippen LogP contribution is -2.39. The van der Waals surface area contributed by atoms with Gasteiger partial charge in [-0.1, -0.05) is 20.8 Å². The molecule has 0 spiro atoms. The minimum absolute atomic E-state index is 0.293. The number of aromatic nitrogens is 1. The lowest BCUT2D eigenvalue weighted by atomic mass is 10.0. The van der Waals surface area contributed by atoms with Gasteiger partial charge in [0, 0.05) is 25.1 Å². The van der Waals surface area contributed by atoms with E-state index in [0.717, 1.165) is 44.2 Å². The molecule has 0 aromatic carbocycles. The molecule has 0 aliphatic carbocycles. The molecule has 0 aliphatic heterocycles. The molecule has 1 unspecified atom stereocenters. The Bertz CT molecular complexity index is 459. The number of rotatable bonds is 10. The van der Waals surface area contributed by atoms with Crippen LogP contribution in [0.15, 0.2) is 10.4 Å². The molecule has 0 saturated carbocycles. The van der Waals surface area contributed by atoms with Gasteiger partial charge in [0.25, 0.3) is 0 Å². The summed E-state index contributed by atoms with van der Waals surface area (Å²) < 4.78 is 5.78. The minimum Gasteiger partial charge on any atom is -0.378 e. The van der Waals surface area contributed by atoms with Crippen molar-refractivity contribution < 1.29 is 4.74 Å². The number of hydrogen-bond acceptors (Lipinski definition) is 4. The van der Waals surface area contributed by atoms with E-state index in [2.05, 4.69) is 53.7 Å². The van der Waals surface area contributed by atoms with E-state index in [0.29, 0.717) is 18.6 Å². The number of hydrogen-bond donors (Lipinski definition) is 2. The molecule has 1 heterocycles. The van der Waals surface area contributed by atoms with Crippen molar-refractivity contribution in [2.24, 2.45) is 10.9 Å². The van der Waals surface area contributed by atoms with Crippen LogP contribution in [0.25, 0.3) is 0 Å². The van der Waals surface area contributed by atoms with Crippen molar-refractivity contribution in [2.45, 2.75) is 60.1 Å². The van der Waals surface area contributed by atoms with Gasteiger partial charge in [-0.05, 0) is 32.6 Å². The summed E-state index contributed by atoms with van der Waals surface area (Å²) in [6.45, 7) is 13.7. The van der Waals surface area contributed by atoms with Gasteiger partial charge in [-0.25, -0.2) is 9.98 Å². The second kappa shape index (κ2) is 11.4. The van der Waals surface area contributed by atoms with Crippen molar-refractivity contribution in [3.8, 4) is 0 Å². The lowest BCUT2D eigenvalue weighted by Gasteiger charge is -2.21. The normalized spacial score (nSPS) is 13.4. The quantitative estimate of drug-likeness (QED) is 0.507.